The van der Waals surface area contributed by atoms with Crippen molar-refractivity contribution in [2.45, 2.75) is 13.8 Å². The van der Waals surface area contributed by atoms with E-state index in [2.05, 4.69) is 10.4 Å². The third kappa shape index (κ3) is 3.22. The summed E-state index contributed by atoms with van der Waals surface area (Å²) in [6, 6.07) is 13.3. The average Bonchev–Trinajstić information content (AvgIpc) is 3.21. The molecule has 0 radical (unpaired) electrons. The lowest BCUT2D eigenvalue weighted by molar-refractivity contribution is 0.103. The standard InChI is InChI=1S/C20H15ClFN3OS/c1-11-16(21)4-3-5-17(11)23-19(26)18-10-15-12(2)24-25(20(15)27-18)14-8-6-13(22)7-9-14/h3-10H,1-2H3,(H,23,26). The van der Waals surface area contributed by atoms with Crippen LogP contribution in [-0.2, 0) is 0 Å². The highest BCUT2D eigenvalue weighted by atomic mass is 35.5. The van der Waals surface area contributed by atoms with Gasteiger partial charge in [-0.15, -0.1) is 11.3 Å². The van der Waals surface area contributed by atoms with E-state index in [0.717, 1.165) is 27.2 Å². The van der Waals surface area contributed by atoms with E-state index in [4.69, 9.17) is 11.6 Å². The molecule has 0 aliphatic rings. The molecule has 0 saturated heterocycles. The van der Waals surface area contributed by atoms with Crippen LogP contribution in [0.5, 0.6) is 0 Å². The van der Waals surface area contributed by atoms with E-state index in [0.29, 0.717) is 15.6 Å². The highest BCUT2D eigenvalue weighted by Gasteiger charge is 2.18. The van der Waals surface area contributed by atoms with Crippen molar-refractivity contribution in [1.29, 1.82) is 0 Å². The van der Waals surface area contributed by atoms with Gasteiger partial charge in [-0.3, -0.25) is 4.79 Å². The van der Waals surface area contributed by atoms with Crippen LogP contribution in [0.1, 0.15) is 20.9 Å². The lowest BCUT2D eigenvalue weighted by Gasteiger charge is -2.08. The molecule has 1 N–H and O–H groups in total. The van der Waals surface area contributed by atoms with Crippen LogP contribution < -0.4 is 5.32 Å². The molecule has 2 aromatic carbocycles. The second kappa shape index (κ2) is 6.79. The molecule has 1 amide bonds. The molecule has 0 spiro atoms. The Morgan fingerprint density at radius 2 is 1.93 bits per heavy atom. The zero-order valence-corrected chi connectivity index (χ0v) is 16.2. The van der Waals surface area contributed by atoms with E-state index in [1.807, 2.05) is 26.0 Å². The molecule has 4 aromatic rings. The van der Waals surface area contributed by atoms with E-state index >= 15 is 0 Å². The Bertz CT molecular complexity index is 1160. The molecule has 0 bridgehead atoms. The molecule has 0 saturated carbocycles. The van der Waals surface area contributed by atoms with Crippen molar-refractivity contribution in [2.75, 3.05) is 5.32 Å². The maximum absolute atomic E-state index is 13.2. The SMILES string of the molecule is Cc1c(Cl)cccc1NC(=O)c1cc2c(C)nn(-c3ccc(F)cc3)c2s1. The van der Waals surface area contributed by atoms with Crippen LogP contribution in [0.2, 0.25) is 5.02 Å². The van der Waals surface area contributed by atoms with Crippen molar-refractivity contribution in [3.8, 4) is 5.69 Å². The number of anilines is 1. The maximum Gasteiger partial charge on any atom is 0.265 e. The van der Waals surface area contributed by atoms with Gasteiger partial charge in [-0.2, -0.15) is 5.10 Å². The first-order valence-corrected chi connectivity index (χ1v) is 9.45. The molecule has 4 nitrogen and oxygen atoms in total. The third-order valence-electron chi connectivity index (χ3n) is 4.36. The van der Waals surface area contributed by atoms with Gasteiger partial charge in [0.1, 0.15) is 10.6 Å². The van der Waals surface area contributed by atoms with Crippen molar-refractivity contribution >= 4 is 44.7 Å². The lowest BCUT2D eigenvalue weighted by atomic mass is 10.2. The van der Waals surface area contributed by atoms with Gasteiger partial charge in [0, 0.05) is 16.1 Å². The number of amides is 1. The van der Waals surface area contributed by atoms with Gasteiger partial charge in [0.05, 0.1) is 16.3 Å². The number of nitrogens with zero attached hydrogens (tertiary/aromatic N) is 2. The van der Waals surface area contributed by atoms with Crippen LogP contribution >= 0.6 is 22.9 Å². The first kappa shape index (κ1) is 17.7. The van der Waals surface area contributed by atoms with E-state index in [9.17, 15) is 9.18 Å². The topological polar surface area (TPSA) is 46.9 Å². The number of aromatic nitrogens is 2. The largest absolute Gasteiger partial charge is 0.321 e. The predicted molar refractivity (Wildman–Crippen MR) is 108 cm³/mol. The highest BCUT2D eigenvalue weighted by Crippen LogP contribution is 2.31. The van der Waals surface area contributed by atoms with Crippen molar-refractivity contribution < 1.29 is 9.18 Å². The Labute approximate surface area is 164 Å². The lowest BCUT2D eigenvalue weighted by Crippen LogP contribution is -2.11. The summed E-state index contributed by atoms with van der Waals surface area (Å²) in [7, 11) is 0. The van der Waals surface area contributed by atoms with Crippen molar-refractivity contribution in [3.05, 3.63) is 75.5 Å². The third-order valence-corrected chi connectivity index (χ3v) is 5.87. The fraction of sp³-hybridized carbons (Fsp3) is 0.100. The first-order valence-electron chi connectivity index (χ1n) is 8.25. The van der Waals surface area contributed by atoms with Crippen LogP contribution in [0.3, 0.4) is 0 Å². The molecule has 2 heterocycles. The second-order valence-electron chi connectivity index (χ2n) is 6.17. The molecule has 27 heavy (non-hydrogen) atoms. The van der Waals surface area contributed by atoms with Crippen molar-refractivity contribution in [1.82, 2.24) is 9.78 Å². The van der Waals surface area contributed by atoms with Gasteiger partial charge < -0.3 is 5.32 Å². The van der Waals surface area contributed by atoms with Gasteiger partial charge in [0.15, 0.2) is 0 Å². The predicted octanol–water partition coefficient (Wildman–Crippen LogP) is 5.75. The van der Waals surface area contributed by atoms with Gasteiger partial charge >= 0.3 is 0 Å². The minimum Gasteiger partial charge on any atom is -0.321 e. The molecule has 0 aliphatic carbocycles. The molecule has 0 unspecified atom stereocenters. The summed E-state index contributed by atoms with van der Waals surface area (Å²) in [6.45, 7) is 3.75. The number of fused-ring (bicyclic) bond motifs is 1. The minimum atomic E-state index is -0.304. The molecule has 136 valence electrons. The highest BCUT2D eigenvalue weighted by molar-refractivity contribution is 7.20. The molecule has 7 heteroatoms. The van der Waals surface area contributed by atoms with E-state index in [1.165, 1.54) is 23.5 Å². The number of hydrogen-bond acceptors (Lipinski definition) is 3. The number of thiophene rings is 1. The van der Waals surface area contributed by atoms with Crippen LogP contribution in [0.4, 0.5) is 10.1 Å². The summed E-state index contributed by atoms with van der Waals surface area (Å²) in [5, 5.41) is 8.93. The summed E-state index contributed by atoms with van der Waals surface area (Å²) in [4.78, 5) is 14.1. The minimum absolute atomic E-state index is 0.202. The number of nitrogens with one attached hydrogen (secondary N) is 1. The van der Waals surface area contributed by atoms with Crippen LogP contribution in [0.15, 0.2) is 48.5 Å². The van der Waals surface area contributed by atoms with E-state index in [1.54, 1.807) is 28.9 Å². The van der Waals surface area contributed by atoms with E-state index in [-0.39, 0.29) is 11.7 Å². The molecule has 2 aromatic heterocycles. The average molecular weight is 400 g/mol. The maximum atomic E-state index is 13.2. The summed E-state index contributed by atoms with van der Waals surface area (Å²) < 4.78 is 14.9. The summed E-state index contributed by atoms with van der Waals surface area (Å²) >= 11 is 7.47. The smallest absolute Gasteiger partial charge is 0.265 e. The van der Waals surface area contributed by atoms with Crippen molar-refractivity contribution in [3.63, 3.8) is 0 Å². The molecule has 0 fully saturated rings. The molecule has 0 aliphatic heterocycles. The molecular formula is C20H15ClFN3OS. The number of aryl methyl sites for hydroxylation is 1. The van der Waals surface area contributed by atoms with Crippen LogP contribution in [-0.4, -0.2) is 15.7 Å². The van der Waals surface area contributed by atoms with Gasteiger partial charge in [-0.25, -0.2) is 9.07 Å². The number of carbonyl (C=O) groups is 1. The Balaban J connectivity index is 1.71. The van der Waals surface area contributed by atoms with Gasteiger partial charge in [-0.05, 0) is 61.9 Å². The monoisotopic (exact) mass is 399 g/mol. The zero-order valence-electron chi connectivity index (χ0n) is 14.6. The van der Waals surface area contributed by atoms with Crippen molar-refractivity contribution in [2.24, 2.45) is 0 Å². The first-order chi connectivity index (χ1) is 12.9. The summed E-state index contributed by atoms with van der Waals surface area (Å²) in [5.41, 5.74) is 3.06. The number of benzene rings is 2. The fourth-order valence-corrected chi connectivity index (χ4v) is 4.10. The number of rotatable bonds is 3. The Kier molecular flexibility index (Phi) is 4.45. The van der Waals surface area contributed by atoms with Crippen LogP contribution in [0.25, 0.3) is 15.9 Å². The van der Waals surface area contributed by atoms with Gasteiger partial charge in [0.25, 0.3) is 5.91 Å². The molecular weight excluding hydrogens is 385 g/mol. The summed E-state index contributed by atoms with van der Waals surface area (Å²) in [6.07, 6.45) is 0. The number of carbonyl (C=O) groups excluding carboxylic acids is 1. The Hall–Kier alpha value is -2.70. The Morgan fingerprint density at radius 3 is 2.67 bits per heavy atom. The fourth-order valence-electron chi connectivity index (χ4n) is 2.84. The van der Waals surface area contributed by atoms with Crippen LogP contribution in [0, 0.1) is 19.7 Å². The Morgan fingerprint density at radius 1 is 1.19 bits per heavy atom. The van der Waals surface area contributed by atoms with Gasteiger partial charge in [-0.1, -0.05) is 17.7 Å². The number of halogens is 2. The molecule has 4 rings (SSSR count). The summed E-state index contributed by atoms with van der Waals surface area (Å²) in [5.74, 6) is -0.506. The zero-order chi connectivity index (χ0) is 19.1. The number of hydrogen-bond donors (Lipinski definition) is 1. The normalized spacial score (nSPS) is 11.1. The van der Waals surface area contributed by atoms with E-state index < -0.39 is 0 Å². The van der Waals surface area contributed by atoms with Gasteiger partial charge in [0.2, 0.25) is 0 Å². The second-order valence-corrected chi connectivity index (χ2v) is 7.61. The quantitative estimate of drug-likeness (QED) is 0.477. The molecule has 0 atom stereocenters.